The first-order valence-corrected chi connectivity index (χ1v) is 5.84. The summed E-state index contributed by atoms with van der Waals surface area (Å²) in [6.45, 7) is 0. The van der Waals surface area contributed by atoms with E-state index >= 15 is 0 Å². The Kier molecular flexibility index (Phi) is 3.88. The second-order valence-corrected chi connectivity index (χ2v) is 4.31. The molecule has 0 saturated heterocycles. The Morgan fingerprint density at radius 1 is 1.06 bits per heavy atom. The fraction of sp³-hybridized carbons (Fsp3) is 0. The molecule has 2 rings (SSSR count). The molecule has 2 aromatic rings. The first-order valence-electron chi connectivity index (χ1n) is 5.05. The summed E-state index contributed by atoms with van der Waals surface area (Å²) in [4.78, 5) is 0. The normalized spacial score (nSPS) is 10.7. The van der Waals surface area contributed by atoms with Gasteiger partial charge in [-0.1, -0.05) is 34.1 Å². The molecule has 17 heavy (non-hydrogen) atoms. The van der Waals surface area contributed by atoms with Crippen molar-refractivity contribution in [2.45, 2.75) is 0 Å². The summed E-state index contributed by atoms with van der Waals surface area (Å²) in [7, 11) is 0. The predicted octanol–water partition coefficient (Wildman–Crippen LogP) is 4.03. The molecule has 0 bridgehead atoms. The van der Waals surface area contributed by atoms with Crippen molar-refractivity contribution in [3.8, 4) is 0 Å². The quantitative estimate of drug-likeness (QED) is 0.670. The fourth-order valence-electron chi connectivity index (χ4n) is 1.28. The highest BCUT2D eigenvalue weighted by Crippen LogP contribution is 2.14. The average molecular weight is 293 g/mol. The summed E-state index contributed by atoms with van der Waals surface area (Å²) in [5, 5.41) is 3.97. The van der Waals surface area contributed by atoms with Gasteiger partial charge in [0, 0.05) is 10.0 Å². The van der Waals surface area contributed by atoms with Gasteiger partial charge in [-0.15, -0.1) is 0 Å². The summed E-state index contributed by atoms with van der Waals surface area (Å²) < 4.78 is 14.2. The zero-order chi connectivity index (χ0) is 12.1. The Morgan fingerprint density at radius 3 is 2.47 bits per heavy atom. The Labute approximate surface area is 107 Å². The van der Waals surface area contributed by atoms with Gasteiger partial charge >= 0.3 is 0 Å². The van der Waals surface area contributed by atoms with Gasteiger partial charge in [-0.25, -0.2) is 4.39 Å². The van der Waals surface area contributed by atoms with Crippen LogP contribution in [0.3, 0.4) is 0 Å². The van der Waals surface area contributed by atoms with Crippen LogP contribution in [0.2, 0.25) is 0 Å². The summed E-state index contributed by atoms with van der Waals surface area (Å²) in [5.41, 5.74) is 4.13. The van der Waals surface area contributed by atoms with Crippen molar-refractivity contribution < 1.29 is 4.39 Å². The van der Waals surface area contributed by atoms with E-state index in [0.29, 0.717) is 5.56 Å². The van der Waals surface area contributed by atoms with Crippen molar-refractivity contribution in [3.63, 3.8) is 0 Å². The molecule has 2 nitrogen and oxygen atoms in total. The van der Waals surface area contributed by atoms with Crippen LogP contribution in [0, 0.1) is 5.82 Å². The lowest BCUT2D eigenvalue weighted by atomic mass is 10.2. The van der Waals surface area contributed by atoms with Gasteiger partial charge < -0.3 is 0 Å². The minimum atomic E-state index is -0.283. The van der Waals surface area contributed by atoms with Crippen LogP contribution < -0.4 is 5.43 Å². The van der Waals surface area contributed by atoms with Gasteiger partial charge in [0.25, 0.3) is 0 Å². The van der Waals surface area contributed by atoms with Crippen LogP contribution in [0.5, 0.6) is 0 Å². The summed E-state index contributed by atoms with van der Waals surface area (Å²) in [6, 6.07) is 14.1. The number of rotatable bonds is 3. The predicted molar refractivity (Wildman–Crippen MR) is 71.8 cm³/mol. The molecular weight excluding hydrogens is 283 g/mol. The molecule has 0 aromatic heterocycles. The number of halogens is 2. The number of nitrogens with one attached hydrogen (secondary N) is 1. The minimum Gasteiger partial charge on any atom is -0.279 e. The second-order valence-electron chi connectivity index (χ2n) is 3.40. The monoisotopic (exact) mass is 292 g/mol. The summed E-state index contributed by atoms with van der Waals surface area (Å²) in [6.07, 6.45) is 1.46. The van der Waals surface area contributed by atoms with E-state index < -0.39 is 0 Å². The standard InChI is InChI=1S/C13H10BrFN2/c14-11-5-7-12(8-6-11)17-16-9-10-3-1-2-4-13(10)15/h1-9,17H/b16-9-. The van der Waals surface area contributed by atoms with Gasteiger partial charge in [-0.2, -0.15) is 5.10 Å². The minimum absolute atomic E-state index is 0.283. The number of hydrogen-bond donors (Lipinski definition) is 1. The summed E-state index contributed by atoms with van der Waals surface area (Å²) >= 11 is 3.34. The van der Waals surface area contributed by atoms with Gasteiger partial charge in [-0.05, 0) is 30.3 Å². The van der Waals surface area contributed by atoms with E-state index in [1.807, 2.05) is 24.3 Å². The van der Waals surface area contributed by atoms with Crippen LogP contribution >= 0.6 is 15.9 Å². The van der Waals surface area contributed by atoms with Crippen LogP contribution in [0.4, 0.5) is 10.1 Å². The van der Waals surface area contributed by atoms with Gasteiger partial charge in [-0.3, -0.25) is 5.43 Å². The molecule has 0 radical (unpaired) electrons. The van der Waals surface area contributed by atoms with Crippen molar-refractivity contribution in [1.29, 1.82) is 0 Å². The Bertz CT molecular complexity index is 523. The lowest BCUT2D eigenvalue weighted by Gasteiger charge is -2.00. The molecule has 4 heteroatoms. The first-order chi connectivity index (χ1) is 8.25. The largest absolute Gasteiger partial charge is 0.279 e. The van der Waals surface area contributed by atoms with Crippen LogP contribution in [0.1, 0.15) is 5.56 Å². The average Bonchev–Trinajstić information content (AvgIpc) is 2.34. The van der Waals surface area contributed by atoms with Gasteiger partial charge in [0.05, 0.1) is 11.9 Å². The molecule has 1 N–H and O–H groups in total. The van der Waals surface area contributed by atoms with E-state index in [9.17, 15) is 4.39 Å². The van der Waals surface area contributed by atoms with E-state index in [1.54, 1.807) is 18.2 Å². The molecular formula is C13H10BrFN2. The molecule has 0 unspecified atom stereocenters. The second kappa shape index (κ2) is 5.59. The highest BCUT2D eigenvalue weighted by Gasteiger charge is 1.95. The highest BCUT2D eigenvalue weighted by molar-refractivity contribution is 9.10. The Morgan fingerprint density at radius 2 is 1.76 bits per heavy atom. The van der Waals surface area contributed by atoms with Crippen molar-refractivity contribution in [3.05, 3.63) is 64.4 Å². The maximum Gasteiger partial charge on any atom is 0.132 e. The van der Waals surface area contributed by atoms with E-state index in [0.717, 1.165) is 10.2 Å². The molecule has 0 fully saturated rings. The van der Waals surface area contributed by atoms with Gasteiger partial charge in [0.15, 0.2) is 0 Å². The molecule has 2 aromatic carbocycles. The molecule has 0 aliphatic heterocycles. The van der Waals surface area contributed by atoms with Gasteiger partial charge in [0.2, 0.25) is 0 Å². The molecule has 0 atom stereocenters. The van der Waals surface area contributed by atoms with Crippen LogP contribution in [-0.4, -0.2) is 6.21 Å². The Hall–Kier alpha value is -1.68. The van der Waals surface area contributed by atoms with Crippen molar-refractivity contribution >= 4 is 27.8 Å². The van der Waals surface area contributed by atoms with E-state index in [-0.39, 0.29) is 5.82 Å². The van der Waals surface area contributed by atoms with Gasteiger partial charge in [0.1, 0.15) is 5.82 Å². The number of benzene rings is 2. The number of anilines is 1. The molecule has 0 spiro atoms. The maximum absolute atomic E-state index is 13.2. The smallest absolute Gasteiger partial charge is 0.132 e. The third-order valence-electron chi connectivity index (χ3n) is 2.15. The Balaban J connectivity index is 2.03. The molecule has 0 saturated carbocycles. The van der Waals surface area contributed by atoms with Crippen molar-refractivity contribution in [2.24, 2.45) is 5.10 Å². The molecule has 0 heterocycles. The van der Waals surface area contributed by atoms with Crippen molar-refractivity contribution in [1.82, 2.24) is 0 Å². The molecule has 0 amide bonds. The van der Waals surface area contributed by atoms with Crippen LogP contribution in [-0.2, 0) is 0 Å². The SMILES string of the molecule is Fc1ccccc1/C=N\Nc1ccc(Br)cc1. The van der Waals surface area contributed by atoms with Crippen LogP contribution in [0.15, 0.2) is 58.1 Å². The van der Waals surface area contributed by atoms with E-state index in [4.69, 9.17) is 0 Å². The van der Waals surface area contributed by atoms with Crippen molar-refractivity contribution in [2.75, 3.05) is 5.43 Å². The highest BCUT2D eigenvalue weighted by atomic mass is 79.9. The molecule has 0 aliphatic carbocycles. The first kappa shape index (κ1) is 11.8. The maximum atomic E-state index is 13.2. The molecule has 0 aliphatic rings. The fourth-order valence-corrected chi connectivity index (χ4v) is 1.54. The lowest BCUT2D eigenvalue weighted by Crippen LogP contribution is -1.92. The third-order valence-corrected chi connectivity index (χ3v) is 2.68. The summed E-state index contributed by atoms with van der Waals surface area (Å²) in [5.74, 6) is -0.283. The number of hydrazone groups is 1. The number of hydrogen-bond acceptors (Lipinski definition) is 2. The van der Waals surface area contributed by atoms with Crippen LogP contribution in [0.25, 0.3) is 0 Å². The zero-order valence-corrected chi connectivity index (χ0v) is 10.5. The van der Waals surface area contributed by atoms with E-state index in [2.05, 4.69) is 26.5 Å². The number of nitrogens with zero attached hydrogens (tertiary/aromatic N) is 1. The zero-order valence-electron chi connectivity index (χ0n) is 8.90. The lowest BCUT2D eigenvalue weighted by molar-refractivity contribution is 0.626. The topological polar surface area (TPSA) is 24.4 Å². The van der Waals surface area contributed by atoms with E-state index in [1.165, 1.54) is 12.3 Å². The third kappa shape index (κ3) is 3.39. The molecule has 86 valence electrons.